The van der Waals surface area contributed by atoms with Gasteiger partial charge in [0.15, 0.2) is 5.56 Å². The maximum absolute atomic E-state index is 12.4. The molecule has 0 atom stereocenters. The molecule has 1 aromatic carbocycles. The van der Waals surface area contributed by atoms with Crippen molar-refractivity contribution in [1.82, 2.24) is 14.8 Å². The molecule has 0 unspecified atom stereocenters. The van der Waals surface area contributed by atoms with E-state index in [9.17, 15) is 19.8 Å². The van der Waals surface area contributed by atoms with Gasteiger partial charge in [0.2, 0.25) is 0 Å². The van der Waals surface area contributed by atoms with E-state index in [1.165, 1.54) is 5.56 Å². The number of aromatic hydroxyl groups is 1. The number of benzene rings is 1. The summed E-state index contributed by atoms with van der Waals surface area (Å²) in [6.07, 6.45) is 1.84. The molecule has 0 radical (unpaired) electrons. The summed E-state index contributed by atoms with van der Waals surface area (Å²) in [5.41, 5.74) is 3.23. The summed E-state index contributed by atoms with van der Waals surface area (Å²) in [5, 5.41) is 19.8. The maximum Gasteiger partial charge on any atom is 0.345 e. The van der Waals surface area contributed by atoms with E-state index in [-0.39, 0.29) is 0 Å². The number of hydrogen-bond donors (Lipinski definition) is 3. The Labute approximate surface area is 199 Å². The Morgan fingerprint density at radius 2 is 1.88 bits per heavy atom. The Morgan fingerprint density at radius 1 is 1.21 bits per heavy atom. The molecule has 2 aromatic rings. The van der Waals surface area contributed by atoms with E-state index in [1.54, 1.807) is 0 Å². The molecule has 1 aliphatic carbocycles. The minimum Gasteiger partial charge on any atom is -0.506 e. The Bertz CT molecular complexity index is 1160. The molecule has 182 valence electrons. The van der Waals surface area contributed by atoms with Crippen LogP contribution in [0.4, 0.5) is 0 Å². The van der Waals surface area contributed by atoms with Crippen LogP contribution in [0.25, 0.3) is 5.57 Å². The lowest BCUT2D eigenvalue weighted by molar-refractivity contribution is 0.0691. The molecule has 0 saturated heterocycles. The number of nitrogens with one attached hydrogen (secondary N) is 1. The van der Waals surface area contributed by atoms with Gasteiger partial charge in [0, 0.05) is 30.0 Å². The van der Waals surface area contributed by atoms with Crippen molar-refractivity contribution in [3.05, 3.63) is 75.0 Å². The van der Waals surface area contributed by atoms with E-state index < -0.39 is 22.8 Å². The third-order valence-electron chi connectivity index (χ3n) is 6.00. The summed E-state index contributed by atoms with van der Waals surface area (Å²) in [6, 6.07) is 7.97. The van der Waals surface area contributed by atoms with Crippen molar-refractivity contribution in [3.63, 3.8) is 0 Å². The van der Waals surface area contributed by atoms with Gasteiger partial charge in [-0.25, -0.2) is 4.79 Å². The first-order valence-corrected chi connectivity index (χ1v) is 11.4. The van der Waals surface area contributed by atoms with Crippen LogP contribution in [0.1, 0.15) is 53.9 Å². The number of aromatic amines is 1. The Morgan fingerprint density at radius 3 is 2.47 bits per heavy atom. The Hall–Kier alpha value is -3.52. The molecule has 0 bridgehead atoms. The Kier molecular flexibility index (Phi) is 7.83. The van der Waals surface area contributed by atoms with Gasteiger partial charge in [0.1, 0.15) is 18.1 Å². The first kappa shape index (κ1) is 25.1. The van der Waals surface area contributed by atoms with Gasteiger partial charge >= 0.3 is 5.97 Å². The number of aromatic nitrogens is 1. The first-order valence-electron chi connectivity index (χ1n) is 11.4. The number of carboxylic acid groups (broad SMARTS) is 1. The fourth-order valence-corrected chi connectivity index (χ4v) is 4.40. The number of pyridine rings is 1. The van der Waals surface area contributed by atoms with Crippen LogP contribution in [0.5, 0.6) is 11.5 Å². The van der Waals surface area contributed by atoms with Crippen LogP contribution in [-0.4, -0.2) is 58.2 Å². The minimum atomic E-state index is -1.44. The van der Waals surface area contributed by atoms with Crippen LogP contribution in [-0.2, 0) is 13.0 Å². The van der Waals surface area contributed by atoms with Gasteiger partial charge in [-0.3, -0.25) is 4.79 Å². The monoisotopic (exact) mass is 467 g/mol. The number of carboxylic acids is 1. The molecule has 34 heavy (non-hydrogen) atoms. The molecular formula is C26H33N3O5. The number of nitrogens with zero attached hydrogens (tertiary/aromatic N) is 2. The number of ether oxygens (including phenoxy) is 1. The van der Waals surface area contributed by atoms with E-state index in [1.807, 2.05) is 52.2 Å². The van der Waals surface area contributed by atoms with Crippen molar-refractivity contribution in [2.75, 3.05) is 27.2 Å². The van der Waals surface area contributed by atoms with Crippen LogP contribution < -0.4 is 10.3 Å². The van der Waals surface area contributed by atoms with E-state index in [2.05, 4.69) is 21.4 Å². The SMILES string of the molecule is C=C(COc1ccc(CN(C)C)cc1)N(CC)C1=C(C)c2[nH]c(=O)c(C(=O)O)c(O)c2CCC1. The van der Waals surface area contributed by atoms with E-state index in [0.717, 1.165) is 29.3 Å². The smallest absolute Gasteiger partial charge is 0.345 e. The summed E-state index contributed by atoms with van der Waals surface area (Å²) in [4.78, 5) is 30.6. The summed E-state index contributed by atoms with van der Waals surface area (Å²) in [7, 11) is 4.05. The van der Waals surface area contributed by atoms with Crippen LogP contribution in [0.2, 0.25) is 0 Å². The van der Waals surface area contributed by atoms with Gasteiger partial charge in [-0.05, 0) is 70.5 Å². The third-order valence-corrected chi connectivity index (χ3v) is 6.00. The molecule has 0 saturated carbocycles. The number of fused-ring (bicyclic) bond motifs is 1. The molecule has 3 N–H and O–H groups in total. The zero-order valence-electron chi connectivity index (χ0n) is 20.3. The third kappa shape index (κ3) is 5.34. The summed E-state index contributed by atoms with van der Waals surface area (Å²) >= 11 is 0. The molecule has 3 rings (SSSR count). The number of aromatic carboxylic acids is 1. The van der Waals surface area contributed by atoms with Crippen molar-refractivity contribution in [3.8, 4) is 11.5 Å². The number of likely N-dealkylation sites (N-methyl/N-ethyl adjacent to an activating group) is 1. The lowest BCUT2D eigenvalue weighted by atomic mass is 10.0. The fourth-order valence-electron chi connectivity index (χ4n) is 4.40. The number of H-pyrrole nitrogens is 1. The maximum atomic E-state index is 12.4. The Balaban J connectivity index is 1.84. The number of rotatable bonds is 9. The lowest BCUT2D eigenvalue weighted by Gasteiger charge is -2.29. The molecule has 0 spiro atoms. The van der Waals surface area contributed by atoms with Crippen molar-refractivity contribution in [1.29, 1.82) is 0 Å². The lowest BCUT2D eigenvalue weighted by Crippen LogP contribution is -2.26. The van der Waals surface area contributed by atoms with Crippen molar-refractivity contribution < 1.29 is 19.7 Å². The molecule has 1 heterocycles. The van der Waals surface area contributed by atoms with Gasteiger partial charge in [0.05, 0.1) is 5.69 Å². The predicted molar refractivity (Wildman–Crippen MR) is 132 cm³/mol. The fraction of sp³-hybridized carbons (Fsp3) is 0.385. The van der Waals surface area contributed by atoms with Gasteiger partial charge in [-0.2, -0.15) is 0 Å². The largest absolute Gasteiger partial charge is 0.506 e. The quantitative estimate of drug-likeness (QED) is 0.515. The molecule has 0 fully saturated rings. The molecule has 8 heteroatoms. The molecular weight excluding hydrogens is 434 g/mol. The van der Waals surface area contributed by atoms with Crippen LogP contribution in [0, 0.1) is 0 Å². The van der Waals surface area contributed by atoms with Crippen LogP contribution in [0.3, 0.4) is 0 Å². The van der Waals surface area contributed by atoms with E-state index in [0.29, 0.717) is 43.7 Å². The highest BCUT2D eigenvalue weighted by Crippen LogP contribution is 2.36. The molecule has 1 aliphatic rings. The van der Waals surface area contributed by atoms with Gasteiger partial charge in [-0.1, -0.05) is 18.7 Å². The summed E-state index contributed by atoms with van der Waals surface area (Å²) < 4.78 is 5.98. The highest BCUT2D eigenvalue weighted by Gasteiger charge is 2.27. The van der Waals surface area contributed by atoms with Crippen molar-refractivity contribution in [2.24, 2.45) is 0 Å². The average Bonchev–Trinajstić information content (AvgIpc) is 2.93. The second kappa shape index (κ2) is 10.6. The first-order chi connectivity index (χ1) is 16.1. The standard InChI is InChI=1S/C26H33N3O5/c1-6-29(16(2)15-34-19-12-10-18(11-13-19)14-28(4)5)21-9-7-8-20-23(17(21)3)27-25(31)22(24(20)30)26(32)33/h10-13H,2,6-9,14-15H2,1,3-5H3,(H,32,33)(H2,27,30,31). The molecule has 1 aromatic heterocycles. The van der Waals surface area contributed by atoms with Crippen LogP contribution >= 0.6 is 0 Å². The predicted octanol–water partition coefficient (Wildman–Crippen LogP) is 3.82. The van der Waals surface area contributed by atoms with Crippen molar-refractivity contribution >= 4 is 11.5 Å². The topological polar surface area (TPSA) is 106 Å². The van der Waals surface area contributed by atoms with Gasteiger partial charge < -0.3 is 29.7 Å². The molecule has 0 amide bonds. The second-order valence-corrected chi connectivity index (χ2v) is 8.74. The minimum absolute atomic E-state index is 0.296. The average molecular weight is 468 g/mol. The van der Waals surface area contributed by atoms with E-state index >= 15 is 0 Å². The molecule has 0 aliphatic heterocycles. The number of allylic oxidation sites excluding steroid dienone is 2. The zero-order chi connectivity index (χ0) is 25.0. The van der Waals surface area contributed by atoms with Crippen molar-refractivity contribution in [2.45, 2.75) is 39.7 Å². The zero-order valence-corrected chi connectivity index (χ0v) is 20.3. The number of hydrogen-bond acceptors (Lipinski definition) is 6. The highest BCUT2D eigenvalue weighted by atomic mass is 16.5. The molecule has 8 nitrogen and oxygen atoms in total. The summed E-state index contributed by atoms with van der Waals surface area (Å²) in [5.74, 6) is -1.13. The second-order valence-electron chi connectivity index (χ2n) is 8.74. The number of carbonyl (C=O) groups is 1. The summed E-state index contributed by atoms with van der Waals surface area (Å²) in [6.45, 7) is 9.92. The highest BCUT2D eigenvalue weighted by molar-refractivity contribution is 5.91. The van der Waals surface area contributed by atoms with Crippen LogP contribution in [0.15, 0.2) is 47.0 Å². The van der Waals surface area contributed by atoms with Gasteiger partial charge in [-0.15, -0.1) is 0 Å². The van der Waals surface area contributed by atoms with E-state index in [4.69, 9.17) is 4.74 Å². The normalized spacial score (nSPS) is 13.4. The van der Waals surface area contributed by atoms with Gasteiger partial charge in [0.25, 0.3) is 5.56 Å².